The van der Waals surface area contributed by atoms with E-state index in [1.54, 1.807) is 0 Å². The normalized spacial score (nSPS) is 23.9. The van der Waals surface area contributed by atoms with Gasteiger partial charge in [-0.1, -0.05) is 12.8 Å². The molecular weight excluding hydrogens is 238 g/mol. The van der Waals surface area contributed by atoms with Gasteiger partial charge in [0.2, 0.25) is 5.91 Å². The number of amides is 1. The third-order valence-electron chi connectivity index (χ3n) is 4.31. The van der Waals surface area contributed by atoms with Crippen LogP contribution in [-0.2, 0) is 4.79 Å². The van der Waals surface area contributed by atoms with Crippen molar-refractivity contribution in [1.82, 2.24) is 10.2 Å². The minimum Gasteiger partial charge on any atom is -0.356 e. The highest BCUT2D eigenvalue weighted by Gasteiger charge is 2.23. The first-order chi connectivity index (χ1) is 9.00. The third-order valence-corrected chi connectivity index (χ3v) is 4.31. The Balaban J connectivity index is 2.10. The second kappa shape index (κ2) is 8.54. The molecule has 0 radical (unpaired) electrons. The van der Waals surface area contributed by atoms with Crippen molar-refractivity contribution in [2.24, 2.45) is 11.7 Å². The first kappa shape index (κ1) is 16.4. The quantitative estimate of drug-likeness (QED) is 0.692. The molecule has 4 heteroatoms. The molecule has 1 saturated carbocycles. The molecule has 19 heavy (non-hydrogen) atoms. The van der Waals surface area contributed by atoms with E-state index >= 15 is 0 Å². The molecule has 3 N–H and O–H groups in total. The van der Waals surface area contributed by atoms with Crippen LogP contribution in [0.2, 0.25) is 0 Å². The number of carbonyl (C=O) groups is 1. The summed E-state index contributed by atoms with van der Waals surface area (Å²) >= 11 is 0. The van der Waals surface area contributed by atoms with E-state index in [0.29, 0.717) is 18.4 Å². The van der Waals surface area contributed by atoms with Gasteiger partial charge < -0.3 is 16.0 Å². The highest BCUT2D eigenvalue weighted by molar-refractivity contribution is 5.76. The van der Waals surface area contributed by atoms with Gasteiger partial charge in [-0.25, -0.2) is 0 Å². The zero-order valence-electron chi connectivity index (χ0n) is 12.8. The topological polar surface area (TPSA) is 58.4 Å². The predicted molar refractivity (Wildman–Crippen MR) is 79.9 cm³/mol. The SMILES string of the molecule is CC(C)N(C)CCCNC(=O)CC1CCCCC1N. The van der Waals surface area contributed by atoms with Crippen LogP contribution in [0, 0.1) is 5.92 Å². The summed E-state index contributed by atoms with van der Waals surface area (Å²) in [6.45, 7) is 6.17. The van der Waals surface area contributed by atoms with Crippen molar-refractivity contribution in [3.8, 4) is 0 Å². The zero-order valence-corrected chi connectivity index (χ0v) is 12.8. The number of nitrogens with one attached hydrogen (secondary N) is 1. The standard InChI is InChI=1S/C15H31N3O/c1-12(2)18(3)10-6-9-17-15(19)11-13-7-4-5-8-14(13)16/h12-14H,4-11,16H2,1-3H3,(H,17,19). The summed E-state index contributed by atoms with van der Waals surface area (Å²) in [5, 5.41) is 3.02. The van der Waals surface area contributed by atoms with E-state index < -0.39 is 0 Å². The molecule has 0 aromatic rings. The number of nitrogens with zero attached hydrogens (tertiary/aromatic N) is 1. The third kappa shape index (κ3) is 6.39. The number of carbonyl (C=O) groups excluding carboxylic acids is 1. The molecule has 1 aliphatic rings. The molecule has 1 fully saturated rings. The van der Waals surface area contributed by atoms with Gasteiger partial charge in [-0.05, 0) is 52.6 Å². The minimum absolute atomic E-state index is 0.176. The summed E-state index contributed by atoms with van der Waals surface area (Å²) in [6.07, 6.45) is 6.27. The lowest BCUT2D eigenvalue weighted by molar-refractivity contribution is -0.122. The van der Waals surface area contributed by atoms with Gasteiger partial charge in [-0.2, -0.15) is 0 Å². The molecule has 0 aliphatic heterocycles. The van der Waals surface area contributed by atoms with E-state index in [-0.39, 0.29) is 11.9 Å². The fraction of sp³-hybridized carbons (Fsp3) is 0.933. The lowest BCUT2D eigenvalue weighted by atomic mass is 9.83. The van der Waals surface area contributed by atoms with Crippen LogP contribution in [0.3, 0.4) is 0 Å². The maximum absolute atomic E-state index is 11.9. The Morgan fingerprint density at radius 2 is 2.05 bits per heavy atom. The Morgan fingerprint density at radius 3 is 2.68 bits per heavy atom. The summed E-state index contributed by atoms with van der Waals surface area (Å²) in [5.41, 5.74) is 6.07. The van der Waals surface area contributed by atoms with Crippen molar-refractivity contribution in [1.29, 1.82) is 0 Å². The van der Waals surface area contributed by atoms with Crippen molar-refractivity contribution >= 4 is 5.91 Å². The van der Waals surface area contributed by atoms with Gasteiger partial charge in [0, 0.05) is 25.0 Å². The van der Waals surface area contributed by atoms with E-state index in [0.717, 1.165) is 32.4 Å². The highest BCUT2D eigenvalue weighted by Crippen LogP contribution is 2.25. The van der Waals surface area contributed by atoms with E-state index in [9.17, 15) is 4.79 Å². The number of rotatable bonds is 7. The molecule has 0 aromatic heterocycles. The molecule has 1 aliphatic carbocycles. The molecule has 2 atom stereocenters. The molecule has 4 nitrogen and oxygen atoms in total. The van der Waals surface area contributed by atoms with Crippen molar-refractivity contribution in [2.45, 2.75) is 64.5 Å². The van der Waals surface area contributed by atoms with Crippen LogP contribution in [0.1, 0.15) is 52.4 Å². The van der Waals surface area contributed by atoms with Gasteiger partial charge in [0.05, 0.1) is 0 Å². The fourth-order valence-electron chi connectivity index (χ4n) is 2.61. The molecular formula is C15H31N3O. The summed E-state index contributed by atoms with van der Waals surface area (Å²) < 4.78 is 0. The van der Waals surface area contributed by atoms with Gasteiger partial charge in [-0.3, -0.25) is 4.79 Å². The minimum atomic E-state index is 0.176. The molecule has 0 saturated heterocycles. The lowest BCUT2D eigenvalue weighted by Gasteiger charge is -2.28. The van der Waals surface area contributed by atoms with E-state index in [1.807, 2.05) is 0 Å². The first-order valence-corrected chi connectivity index (χ1v) is 7.73. The molecule has 1 rings (SSSR count). The van der Waals surface area contributed by atoms with Crippen LogP contribution in [0.15, 0.2) is 0 Å². The number of hydrogen-bond acceptors (Lipinski definition) is 3. The van der Waals surface area contributed by atoms with Gasteiger partial charge in [0.15, 0.2) is 0 Å². The van der Waals surface area contributed by atoms with Crippen molar-refractivity contribution in [2.75, 3.05) is 20.1 Å². The second-order valence-electron chi connectivity index (χ2n) is 6.19. The average Bonchev–Trinajstić information content (AvgIpc) is 2.37. The fourth-order valence-corrected chi connectivity index (χ4v) is 2.61. The number of hydrogen-bond donors (Lipinski definition) is 2. The van der Waals surface area contributed by atoms with Gasteiger partial charge in [-0.15, -0.1) is 0 Å². The summed E-state index contributed by atoms with van der Waals surface area (Å²) in [4.78, 5) is 14.1. The average molecular weight is 269 g/mol. The monoisotopic (exact) mass is 269 g/mol. The van der Waals surface area contributed by atoms with E-state index in [4.69, 9.17) is 5.73 Å². The molecule has 112 valence electrons. The smallest absolute Gasteiger partial charge is 0.220 e. The first-order valence-electron chi connectivity index (χ1n) is 7.73. The Hall–Kier alpha value is -0.610. The van der Waals surface area contributed by atoms with Crippen LogP contribution < -0.4 is 11.1 Å². The van der Waals surface area contributed by atoms with Crippen molar-refractivity contribution in [3.63, 3.8) is 0 Å². The Morgan fingerprint density at radius 1 is 1.37 bits per heavy atom. The largest absolute Gasteiger partial charge is 0.356 e. The highest BCUT2D eigenvalue weighted by atomic mass is 16.1. The van der Waals surface area contributed by atoms with Crippen molar-refractivity contribution < 1.29 is 4.79 Å². The van der Waals surface area contributed by atoms with Crippen LogP contribution in [0.4, 0.5) is 0 Å². The van der Waals surface area contributed by atoms with Crippen LogP contribution in [-0.4, -0.2) is 43.0 Å². The van der Waals surface area contributed by atoms with Crippen LogP contribution in [0.5, 0.6) is 0 Å². The number of nitrogens with two attached hydrogens (primary N) is 1. The Bertz CT molecular complexity index is 268. The second-order valence-corrected chi connectivity index (χ2v) is 6.19. The summed E-state index contributed by atoms with van der Waals surface area (Å²) in [7, 11) is 2.12. The maximum Gasteiger partial charge on any atom is 0.220 e. The van der Waals surface area contributed by atoms with E-state index in [1.165, 1.54) is 12.8 Å². The lowest BCUT2D eigenvalue weighted by Crippen LogP contribution is -2.37. The van der Waals surface area contributed by atoms with Crippen LogP contribution >= 0.6 is 0 Å². The molecule has 2 unspecified atom stereocenters. The summed E-state index contributed by atoms with van der Waals surface area (Å²) in [5.74, 6) is 0.571. The molecule has 0 spiro atoms. The molecule has 0 heterocycles. The summed E-state index contributed by atoms with van der Waals surface area (Å²) in [6, 6.07) is 0.794. The zero-order chi connectivity index (χ0) is 14.3. The van der Waals surface area contributed by atoms with Gasteiger partial charge in [0.25, 0.3) is 0 Å². The Kier molecular flexibility index (Phi) is 7.39. The van der Waals surface area contributed by atoms with Crippen molar-refractivity contribution in [3.05, 3.63) is 0 Å². The molecule has 0 bridgehead atoms. The van der Waals surface area contributed by atoms with Crippen LogP contribution in [0.25, 0.3) is 0 Å². The Labute approximate surface area is 118 Å². The maximum atomic E-state index is 11.9. The molecule has 0 aromatic carbocycles. The predicted octanol–water partition coefficient (Wildman–Crippen LogP) is 1.74. The van der Waals surface area contributed by atoms with E-state index in [2.05, 4.69) is 31.1 Å². The van der Waals surface area contributed by atoms with Gasteiger partial charge in [0.1, 0.15) is 0 Å². The molecule has 1 amide bonds. The van der Waals surface area contributed by atoms with Gasteiger partial charge >= 0.3 is 0 Å².